The summed E-state index contributed by atoms with van der Waals surface area (Å²) >= 11 is 1.10. The lowest BCUT2D eigenvalue weighted by Gasteiger charge is -2.63. The van der Waals surface area contributed by atoms with Crippen molar-refractivity contribution in [3.05, 3.63) is 12.7 Å². The van der Waals surface area contributed by atoms with Crippen LogP contribution in [-0.4, -0.2) is 156 Å². The SMILES string of the molecule is C[C@H](CCC(=O)SCCNC(=O)CCNC(=O)[C@H](O)C(C)(C)COP(=O)(O)OP(=O)(O)OC[C@H]1O[C@@H](n2cnc3c(N)ncnc32)[C@H](O)[C@@H]1OP(=O)(O)O)[C@H]1CC[C@H]2[C@@H]3[C@H](O)C[C@H]4C[C@H](O)CC[C@]4(C)[C@H]3C[C@H](O)[C@]12C. The Morgan fingerprint density at radius 1 is 0.947 bits per heavy atom. The largest absolute Gasteiger partial charge is 0.481 e. The van der Waals surface area contributed by atoms with Crippen molar-refractivity contribution in [2.45, 2.75) is 148 Å². The number of thioether (sulfide) groups is 1. The van der Waals surface area contributed by atoms with Gasteiger partial charge in [-0.05, 0) is 97.7 Å². The molecule has 5 fully saturated rings. The van der Waals surface area contributed by atoms with Crippen LogP contribution in [0.2, 0.25) is 0 Å². The van der Waals surface area contributed by atoms with Gasteiger partial charge in [0.15, 0.2) is 22.8 Å². The Morgan fingerprint density at radius 3 is 2.37 bits per heavy atom. The van der Waals surface area contributed by atoms with E-state index in [1.165, 1.54) is 13.8 Å². The van der Waals surface area contributed by atoms with E-state index in [0.29, 0.717) is 37.9 Å². The van der Waals surface area contributed by atoms with Crippen LogP contribution in [0.5, 0.6) is 0 Å². The van der Waals surface area contributed by atoms with Gasteiger partial charge in [0, 0.05) is 37.1 Å². The van der Waals surface area contributed by atoms with Gasteiger partial charge in [-0.1, -0.05) is 46.4 Å². The number of nitrogens with two attached hydrogens (primary N) is 1. The number of phosphoric acid groups is 3. The highest BCUT2D eigenvalue weighted by Gasteiger charge is 2.66. The standard InChI is InChI=1S/C45H74N7O20P3S/c1-23(26-7-8-27-34-28(18-31(55)45(26,27)5)44(4)12-10-25(53)16-24(44)17-29(34)54)6-9-33(57)76-15-14-47-32(56)11-13-48-41(60)38(59)43(2,3)20-69-75(66,67)72-74(64,65)68-19-30-37(71-73(61,62)63)36(58)42(70-30)52-22-51-35-39(46)49-21-50-40(35)52/h21-31,34,36-38,42,53-55,58-59H,6-20H2,1-5H3,(H,47,56)(H,48,60)(H,64,65)(H,66,67)(H2,46,49,50)(H2,61,62,63)/t23-,24-,25-,26-,27+,28+,29-,30-,31+,34+,36-,37-,38+,42-,44+,45-/m1/s1. The molecule has 27 nitrogen and oxygen atoms in total. The summed E-state index contributed by atoms with van der Waals surface area (Å²) in [6, 6.07) is 0. The molecular formula is C45H74N7O20P3S. The third kappa shape index (κ3) is 13.6. The molecule has 4 saturated carbocycles. The number of nitrogens with zero attached hydrogens (tertiary/aromatic N) is 4. The van der Waals surface area contributed by atoms with Gasteiger partial charge >= 0.3 is 23.5 Å². The van der Waals surface area contributed by atoms with E-state index in [-0.39, 0.29) is 94.0 Å². The molecule has 1 aliphatic heterocycles. The molecule has 13 N–H and O–H groups in total. The molecule has 31 heteroatoms. The Morgan fingerprint density at radius 2 is 1.66 bits per heavy atom. The highest BCUT2D eigenvalue weighted by Crippen LogP contribution is 2.68. The number of rotatable bonds is 23. The Labute approximate surface area is 443 Å². The van der Waals surface area contributed by atoms with Gasteiger partial charge in [0.2, 0.25) is 11.8 Å². The number of carbonyl (C=O) groups excluding carboxylic acids is 3. The lowest BCUT2D eigenvalue weighted by molar-refractivity contribution is -0.207. The smallest absolute Gasteiger partial charge is 0.393 e. The number of imidazole rings is 1. The van der Waals surface area contributed by atoms with Gasteiger partial charge in [-0.15, -0.1) is 0 Å². The summed E-state index contributed by atoms with van der Waals surface area (Å²) in [5, 5.41) is 60.6. The van der Waals surface area contributed by atoms with Gasteiger partial charge in [0.1, 0.15) is 36.3 Å². The van der Waals surface area contributed by atoms with Crippen LogP contribution in [0.15, 0.2) is 12.7 Å². The van der Waals surface area contributed by atoms with Crippen LogP contribution < -0.4 is 16.4 Å². The minimum absolute atomic E-state index is 0.0137. The molecule has 18 atom stereocenters. The number of amides is 2. The fourth-order valence-electron chi connectivity index (χ4n) is 13.0. The molecule has 0 spiro atoms. The number of ether oxygens (including phenoxy) is 1. The molecular weight excluding hydrogens is 1080 g/mol. The van der Waals surface area contributed by atoms with Crippen molar-refractivity contribution >= 4 is 69.1 Å². The number of aromatic nitrogens is 4. The Balaban J connectivity index is 0.784. The van der Waals surface area contributed by atoms with Crippen LogP contribution in [0.4, 0.5) is 5.82 Å². The fraction of sp³-hybridized carbons (Fsp3) is 0.822. The number of nitrogen functional groups attached to an aromatic ring is 1. The van der Waals surface area contributed by atoms with Gasteiger partial charge in [-0.3, -0.25) is 32.5 Å². The molecule has 2 aromatic heterocycles. The molecule has 2 aromatic rings. The summed E-state index contributed by atoms with van der Waals surface area (Å²) < 4.78 is 62.7. The summed E-state index contributed by atoms with van der Waals surface area (Å²) in [5.74, 6) is -0.0993. The second kappa shape index (κ2) is 23.9. The normalized spacial score (nSPS) is 35.0. The molecule has 0 bridgehead atoms. The number of hydrogen-bond donors (Lipinski definition) is 12. The molecule has 76 heavy (non-hydrogen) atoms. The summed E-state index contributed by atoms with van der Waals surface area (Å²) in [4.78, 5) is 89.7. The van der Waals surface area contributed by atoms with E-state index in [9.17, 15) is 73.2 Å². The Bertz CT molecular complexity index is 2560. The average molecular weight is 1160 g/mol. The summed E-state index contributed by atoms with van der Waals surface area (Å²) in [6.45, 7) is 7.05. The van der Waals surface area contributed by atoms with E-state index >= 15 is 0 Å². The second-order valence-electron chi connectivity index (χ2n) is 22.3. The Hall–Kier alpha value is -2.56. The van der Waals surface area contributed by atoms with Crippen LogP contribution >= 0.6 is 35.2 Å². The van der Waals surface area contributed by atoms with Crippen molar-refractivity contribution in [1.82, 2.24) is 30.2 Å². The van der Waals surface area contributed by atoms with E-state index in [2.05, 4.69) is 55.2 Å². The Kier molecular flexibility index (Phi) is 19.2. The first-order chi connectivity index (χ1) is 35.4. The van der Waals surface area contributed by atoms with Gasteiger partial charge in [-0.25, -0.2) is 28.6 Å². The molecule has 0 radical (unpaired) electrons. The van der Waals surface area contributed by atoms with Crippen LogP contribution in [0.3, 0.4) is 0 Å². The zero-order chi connectivity index (χ0) is 55.9. The van der Waals surface area contributed by atoms with Crippen LogP contribution in [-0.2, 0) is 50.7 Å². The topological polar surface area (TPSA) is 424 Å². The molecule has 430 valence electrons. The second-order valence-corrected chi connectivity index (χ2v) is 27.7. The van der Waals surface area contributed by atoms with Crippen LogP contribution in [0.1, 0.15) is 105 Å². The van der Waals surface area contributed by atoms with Gasteiger partial charge in [-0.2, -0.15) is 4.31 Å². The molecule has 1 saturated heterocycles. The van der Waals surface area contributed by atoms with E-state index in [1.807, 2.05) is 0 Å². The minimum Gasteiger partial charge on any atom is -0.393 e. The van der Waals surface area contributed by atoms with E-state index in [4.69, 9.17) is 19.5 Å². The summed E-state index contributed by atoms with van der Waals surface area (Å²) in [7, 11) is -16.5. The van der Waals surface area contributed by atoms with Crippen LogP contribution in [0.25, 0.3) is 11.2 Å². The highest BCUT2D eigenvalue weighted by molar-refractivity contribution is 8.13. The molecule has 2 unspecified atom stereocenters. The molecule has 7 rings (SSSR count). The first-order valence-electron chi connectivity index (χ1n) is 25.5. The van der Waals surface area contributed by atoms with Crippen molar-refractivity contribution in [3.63, 3.8) is 0 Å². The number of aliphatic hydroxyl groups is 5. The number of hydrogen-bond acceptors (Lipinski definition) is 21. The first kappa shape index (κ1) is 61.1. The maximum atomic E-state index is 13.0. The van der Waals surface area contributed by atoms with Crippen molar-refractivity contribution in [2.24, 2.45) is 51.8 Å². The van der Waals surface area contributed by atoms with E-state index in [0.717, 1.165) is 54.7 Å². The maximum Gasteiger partial charge on any atom is 0.481 e. The third-order valence-electron chi connectivity index (χ3n) is 17.1. The number of fused-ring (bicyclic) bond motifs is 6. The summed E-state index contributed by atoms with van der Waals surface area (Å²) in [5.41, 5.74) is 3.86. The van der Waals surface area contributed by atoms with Gasteiger partial charge < -0.3 is 66.2 Å². The number of aliphatic hydroxyl groups excluding tert-OH is 5. The molecule has 0 aromatic carbocycles. The van der Waals surface area contributed by atoms with Crippen molar-refractivity contribution in [2.75, 3.05) is 37.8 Å². The van der Waals surface area contributed by atoms with Crippen LogP contribution in [0, 0.1) is 51.8 Å². The van der Waals surface area contributed by atoms with Crippen molar-refractivity contribution < 1.29 is 95.8 Å². The predicted octanol–water partition coefficient (Wildman–Crippen LogP) is 2.04. The molecule has 2 amide bonds. The monoisotopic (exact) mass is 1160 g/mol. The molecule has 4 aliphatic carbocycles. The van der Waals surface area contributed by atoms with E-state index < -0.39 is 96.8 Å². The predicted molar refractivity (Wildman–Crippen MR) is 269 cm³/mol. The quantitative estimate of drug-likeness (QED) is 0.0559. The molecule has 5 aliphatic rings. The highest BCUT2D eigenvalue weighted by atomic mass is 32.2. The van der Waals surface area contributed by atoms with Gasteiger partial charge in [0.05, 0.1) is 37.9 Å². The van der Waals surface area contributed by atoms with Crippen molar-refractivity contribution in [3.8, 4) is 0 Å². The number of anilines is 1. The number of phosphoric ester groups is 3. The molecule has 3 heterocycles. The lowest BCUT2D eigenvalue weighted by atomic mass is 9.43. The minimum atomic E-state index is -5.60. The number of carbonyl (C=O) groups is 3. The third-order valence-corrected chi connectivity index (χ3v) is 21.1. The van der Waals surface area contributed by atoms with E-state index in [1.54, 1.807) is 0 Å². The zero-order valence-electron chi connectivity index (χ0n) is 43.0. The fourth-order valence-corrected chi connectivity index (χ4v) is 16.6. The lowest BCUT2D eigenvalue weighted by Crippen LogP contribution is -2.62. The van der Waals surface area contributed by atoms with Crippen molar-refractivity contribution in [1.29, 1.82) is 0 Å². The maximum absolute atomic E-state index is 13.0. The first-order valence-corrected chi connectivity index (χ1v) is 31.0. The summed E-state index contributed by atoms with van der Waals surface area (Å²) in [6.07, 6.45) is -1.83. The van der Waals surface area contributed by atoms with Gasteiger partial charge in [0.25, 0.3) is 0 Å². The average Bonchev–Trinajstić information content (AvgIpc) is 4.03. The number of nitrogens with one attached hydrogen (secondary N) is 2. The zero-order valence-corrected chi connectivity index (χ0v) is 46.5.